The van der Waals surface area contributed by atoms with Crippen LogP contribution < -0.4 is 0 Å². The summed E-state index contributed by atoms with van der Waals surface area (Å²) in [6, 6.07) is 9.10. The molecule has 2 unspecified atom stereocenters. The van der Waals surface area contributed by atoms with Gasteiger partial charge in [0.15, 0.2) is 11.6 Å². The van der Waals surface area contributed by atoms with Gasteiger partial charge in [0.05, 0.1) is 6.61 Å². The van der Waals surface area contributed by atoms with Gasteiger partial charge in [0.25, 0.3) is 0 Å². The van der Waals surface area contributed by atoms with Gasteiger partial charge < -0.3 is 4.74 Å². The average Bonchev–Trinajstić information content (AvgIpc) is 3.72. The highest BCUT2D eigenvalue weighted by atomic mass is 19.2. The number of allylic oxidation sites excluding steroid dienone is 4. The first-order chi connectivity index (χ1) is 17.0. The van der Waals surface area contributed by atoms with Crippen LogP contribution in [0.5, 0.6) is 0 Å². The Hall–Kier alpha value is -2.33. The molecular formula is C31H35F3O. The molecule has 0 bridgehead atoms. The molecule has 0 aromatic heterocycles. The summed E-state index contributed by atoms with van der Waals surface area (Å²) in [6.07, 6.45) is 14.3. The van der Waals surface area contributed by atoms with E-state index in [1.165, 1.54) is 0 Å². The Kier molecular flexibility index (Phi) is 7.48. The second-order valence-electron chi connectivity index (χ2n) is 10.5. The summed E-state index contributed by atoms with van der Waals surface area (Å²) in [6.45, 7) is 2.70. The van der Waals surface area contributed by atoms with Crippen LogP contribution in [0.3, 0.4) is 0 Å². The molecule has 2 atom stereocenters. The van der Waals surface area contributed by atoms with Gasteiger partial charge in [0, 0.05) is 5.56 Å². The van der Waals surface area contributed by atoms with Crippen LogP contribution in [0.25, 0.3) is 5.57 Å². The van der Waals surface area contributed by atoms with E-state index in [2.05, 4.69) is 18.2 Å². The van der Waals surface area contributed by atoms with Gasteiger partial charge in [-0.15, -0.1) is 0 Å². The molecule has 1 heterocycles. The Balaban J connectivity index is 1.15. The molecule has 1 saturated heterocycles. The third-order valence-electron chi connectivity index (χ3n) is 8.26. The summed E-state index contributed by atoms with van der Waals surface area (Å²) >= 11 is 0. The molecule has 35 heavy (non-hydrogen) atoms. The highest BCUT2D eigenvalue weighted by Gasteiger charge is 2.28. The van der Waals surface area contributed by atoms with Crippen LogP contribution in [-0.4, -0.2) is 6.61 Å². The molecule has 2 aromatic carbocycles. The maximum absolute atomic E-state index is 14.9. The third kappa shape index (κ3) is 5.58. The largest absolute Gasteiger partial charge is 0.368 e. The van der Waals surface area contributed by atoms with Gasteiger partial charge in [-0.25, -0.2) is 13.2 Å². The van der Waals surface area contributed by atoms with E-state index in [1.807, 2.05) is 19.1 Å². The molecule has 2 aliphatic carbocycles. The molecule has 5 rings (SSSR count). The van der Waals surface area contributed by atoms with E-state index < -0.39 is 11.6 Å². The summed E-state index contributed by atoms with van der Waals surface area (Å²) in [5.74, 6) is -0.291. The Morgan fingerprint density at radius 1 is 0.971 bits per heavy atom. The molecule has 0 amide bonds. The van der Waals surface area contributed by atoms with Crippen LogP contribution in [0.15, 0.2) is 48.6 Å². The van der Waals surface area contributed by atoms with Crippen LogP contribution in [0.1, 0.15) is 92.6 Å². The highest BCUT2D eigenvalue weighted by molar-refractivity contribution is 5.67. The molecule has 186 valence electrons. The molecule has 0 spiro atoms. The molecule has 0 N–H and O–H groups in total. The van der Waals surface area contributed by atoms with E-state index in [0.717, 1.165) is 68.1 Å². The number of hydrogen-bond donors (Lipinski definition) is 0. The fraction of sp³-hybridized carbons (Fsp3) is 0.484. The summed E-state index contributed by atoms with van der Waals surface area (Å²) in [5, 5.41) is 0. The van der Waals surface area contributed by atoms with Crippen molar-refractivity contribution in [1.82, 2.24) is 0 Å². The number of hydrogen-bond acceptors (Lipinski definition) is 1. The lowest BCUT2D eigenvalue weighted by Crippen LogP contribution is -2.15. The minimum atomic E-state index is -0.697. The van der Waals surface area contributed by atoms with Crippen molar-refractivity contribution in [3.05, 3.63) is 88.3 Å². The quantitative estimate of drug-likeness (QED) is 0.285. The van der Waals surface area contributed by atoms with Crippen molar-refractivity contribution in [1.29, 1.82) is 0 Å². The second kappa shape index (κ2) is 10.7. The average molecular weight is 481 g/mol. The van der Waals surface area contributed by atoms with Crippen LogP contribution in [0, 0.1) is 29.3 Å². The van der Waals surface area contributed by atoms with Crippen molar-refractivity contribution in [2.75, 3.05) is 6.61 Å². The molecular weight excluding hydrogens is 445 g/mol. The van der Waals surface area contributed by atoms with Gasteiger partial charge in [-0.2, -0.15) is 0 Å². The number of halogens is 3. The Labute approximate surface area is 207 Å². The summed E-state index contributed by atoms with van der Waals surface area (Å²) in [5.41, 5.74) is 3.56. The highest BCUT2D eigenvalue weighted by Crippen LogP contribution is 2.40. The molecule has 1 nitrogen and oxygen atoms in total. The molecule has 0 radical (unpaired) electrons. The van der Waals surface area contributed by atoms with Crippen molar-refractivity contribution in [2.45, 2.75) is 76.7 Å². The minimum Gasteiger partial charge on any atom is -0.368 e. The van der Waals surface area contributed by atoms with Gasteiger partial charge in [-0.05, 0) is 111 Å². The Bertz CT molecular complexity index is 1110. The third-order valence-corrected chi connectivity index (χ3v) is 8.26. The normalized spacial score (nSPS) is 26.7. The lowest BCUT2D eigenvalue weighted by molar-refractivity contribution is 0.305. The first kappa shape index (κ1) is 24.4. The smallest absolute Gasteiger partial charge is 0.166 e. The van der Waals surface area contributed by atoms with Crippen molar-refractivity contribution >= 4 is 5.57 Å². The van der Waals surface area contributed by atoms with Crippen LogP contribution >= 0.6 is 0 Å². The molecule has 2 fully saturated rings. The molecule has 1 aliphatic heterocycles. The molecule has 3 aliphatic rings. The Morgan fingerprint density at radius 3 is 2.43 bits per heavy atom. The van der Waals surface area contributed by atoms with Gasteiger partial charge >= 0.3 is 0 Å². The lowest BCUT2D eigenvalue weighted by atomic mass is 9.76. The lowest BCUT2D eigenvalue weighted by Gasteiger charge is -2.29. The summed E-state index contributed by atoms with van der Waals surface area (Å²) in [7, 11) is 0. The number of aryl methyl sites for hydroxylation is 1. The van der Waals surface area contributed by atoms with Gasteiger partial charge in [-0.1, -0.05) is 42.5 Å². The number of benzene rings is 2. The molecule has 4 heteroatoms. The van der Waals surface area contributed by atoms with Crippen LogP contribution in [0.2, 0.25) is 0 Å². The van der Waals surface area contributed by atoms with E-state index in [4.69, 9.17) is 4.74 Å². The zero-order valence-corrected chi connectivity index (χ0v) is 20.5. The molecule has 1 saturated carbocycles. The van der Waals surface area contributed by atoms with Crippen molar-refractivity contribution in [3.8, 4) is 0 Å². The van der Waals surface area contributed by atoms with Crippen molar-refractivity contribution in [2.24, 2.45) is 11.8 Å². The summed E-state index contributed by atoms with van der Waals surface area (Å²) < 4.78 is 49.8. The maximum Gasteiger partial charge on any atom is 0.166 e. The number of rotatable bonds is 7. The van der Waals surface area contributed by atoms with Crippen molar-refractivity contribution < 1.29 is 17.9 Å². The predicted octanol–water partition coefficient (Wildman–Crippen LogP) is 8.84. The van der Waals surface area contributed by atoms with Gasteiger partial charge in [0.2, 0.25) is 0 Å². The zero-order chi connectivity index (χ0) is 24.4. The SMILES string of the molecule is C/C=C/C1CC=C(c2ccc(CCC3CCC(c4ccc(C5CO5)cc4F)CC3)c(F)c2F)CC1. The Morgan fingerprint density at radius 2 is 1.77 bits per heavy atom. The van der Waals surface area contributed by atoms with E-state index in [1.54, 1.807) is 18.2 Å². The number of epoxide rings is 1. The van der Waals surface area contributed by atoms with Crippen LogP contribution in [0.4, 0.5) is 13.2 Å². The van der Waals surface area contributed by atoms with E-state index in [9.17, 15) is 13.2 Å². The van der Waals surface area contributed by atoms with E-state index in [-0.39, 0.29) is 17.8 Å². The monoisotopic (exact) mass is 480 g/mol. The van der Waals surface area contributed by atoms with Gasteiger partial charge in [-0.3, -0.25) is 0 Å². The van der Waals surface area contributed by atoms with Crippen LogP contribution in [-0.2, 0) is 11.2 Å². The fourth-order valence-electron chi connectivity index (χ4n) is 6.01. The second-order valence-corrected chi connectivity index (χ2v) is 10.5. The first-order valence-corrected chi connectivity index (χ1v) is 13.2. The zero-order valence-electron chi connectivity index (χ0n) is 20.5. The van der Waals surface area contributed by atoms with E-state index >= 15 is 0 Å². The topological polar surface area (TPSA) is 12.5 Å². The minimum absolute atomic E-state index is 0.0727. The first-order valence-electron chi connectivity index (χ1n) is 13.2. The fourth-order valence-corrected chi connectivity index (χ4v) is 6.01. The van der Waals surface area contributed by atoms with E-state index in [0.29, 0.717) is 36.0 Å². The summed E-state index contributed by atoms with van der Waals surface area (Å²) in [4.78, 5) is 0. The van der Waals surface area contributed by atoms with Gasteiger partial charge in [0.1, 0.15) is 11.9 Å². The number of ether oxygens (including phenoxy) is 1. The van der Waals surface area contributed by atoms with Crippen molar-refractivity contribution in [3.63, 3.8) is 0 Å². The standard InChI is InChI=1S/C31H35F3O/c1-2-3-20-4-11-23(12-5-20)27-17-14-24(30(33)31(27)34)13-8-21-6-9-22(10-7-21)26-16-15-25(18-28(26)32)29-19-35-29/h2-3,11,14-18,20-22,29H,4-10,12-13,19H2,1H3/b3-2+. The predicted molar refractivity (Wildman–Crippen MR) is 135 cm³/mol. The molecule has 2 aromatic rings. The maximum atomic E-state index is 14.9.